The molecular formula is C22H18N4O6S2. The highest BCUT2D eigenvalue weighted by Crippen LogP contribution is 2.35. The second-order valence-electron chi connectivity index (χ2n) is 7.79. The van der Waals surface area contributed by atoms with Crippen molar-refractivity contribution >= 4 is 62.4 Å². The molecular weight excluding hydrogens is 480 g/mol. The maximum atomic E-state index is 12.9. The summed E-state index contributed by atoms with van der Waals surface area (Å²) in [7, 11) is 0. The Labute approximate surface area is 201 Å². The molecule has 12 heteroatoms. The van der Waals surface area contributed by atoms with Gasteiger partial charge in [0.25, 0.3) is 17.5 Å². The van der Waals surface area contributed by atoms with Crippen LogP contribution in [0.2, 0.25) is 0 Å². The molecule has 1 saturated heterocycles. The van der Waals surface area contributed by atoms with E-state index < -0.39 is 16.7 Å². The van der Waals surface area contributed by atoms with Gasteiger partial charge < -0.3 is 10.1 Å². The molecule has 0 radical (unpaired) electrons. The number of benzene rings is 2. The number of hydrogen-bond acceptors (Lipinski definition) is 9. The summed E-state index contributed by atoms with van der Waals surface area (Å²) in [4.78, 5) is 53.8. The van der Waals surface area contributed by atoms with Gasteiger partial charge in [-0.25, -0.2) is 9.88 Å². The van der Waals surface area contributed by atoms with Crippen molar-refractivity contribution in [1.29, 1.82) is 0 Å². The van der Waals surface area contributed by atoms with Crippen molar-refractivity contribution in [3.8, 4) is 0 Å². The van der Waals surface area contributed by atoms with E-state index in [0.717, 1.165) is 35.1 Å². The summed E-state index contributed by atoms with van der Waals surface area (Å²) in [6.45, 7) is 1.25. The summed E-state index contributed by atoms with van der Waals surface area (Å²) in [6.07, 6.45) is 2.06. The Kier molecular flexibility index (Phi) is 6.02. The molecule has 2 aromatic carbocycles. The molecule has 0 unspecified atom stereocenters. The molecule has 3 aromatic rings. The first-order valence-electron chi connectivity index (χ1n) is 10.5. The SMILES string of the molecule is O=C(CSc1nc2ccc(N3C(=O)c4ccc([N+](=O)[O-])cc4C3=O)cc2s1)NC[C@H]1CCCO1. The second-order valence-corrected chi connectivity index (χ2v) is 10.0. The van der Waals surface area contributed by atoms with E-state index in [-0.39, 0.29) is 34.6 Å². The third kappa shape index (κ3) is 4.27. The first-order valence-corrected chi connectivity index (χ1v) is 12.3. The molecule has 0 aliphatic carbocycles. The number of fused-ring (bicyclic) bond motifs is 2. The van der Waals surface area contributed by atoms with Gasteiger partial charge in [-0.05, 0) is 37.1 Å². The highest BCUT2D eigenvalue weighted by molar-refractivity contribution is 8.01. The topological polar surface area (TPSA) is 132 Å². The largest absolute Gasteiger partial charge is 0.376 e. The average molecular weight is 499 g/mol. The van der Waals surface area contributed by atoms with Crippen molar-refractivity contribution in [3.05, 3.63) is 57.6 Å². The second kappa shape index (κ2) is 9.12. The number of hydrogen-bond donors (Lipinski definition) is 1. The van der Waals surface area contributed by atoms with Crippen LogP contribution in [0.15, 0.2) is 40.7 Å². The van der Waals surface area contributed by atoms with E-state index in [9.17, 15) is 24.5 Å². The van der Waals surface area contributed by atoms with E-state index in [1.54, 1.807) is 18.2 Å². The number of thiazole rings is 1. The summed E-state index contributed by atoms with van der Waals surface area (Å²) in [5.41, 5.74) is 0.930. The van der Waals surface area contributed by atoms with Crippen LogP contribution in [0.25, 0.3) is 10.2 Å². The minimum absolute atomic E-state index is 0.00821. The third-order valence-corrected chi connectivity index (χ3v) is 7.73. The summed E-state index contributed by atoms with van der Waals surface area (Å²) in [5.74, 6) is -1.02. The number of imide groups is 1. The lowest BCUT2D eigenvalue weighted by molar-refractivity contribution is -0.384. The van der Waals surface area contributed by atoms with E-state index >= 15 is 0 Å². The van der Waals surface area contributed by atoms with Crippen molar-refractivity contribution in [3.63, 3.8) is 0 Å². The molecule has 3 heterocycles. The molecule has 174 valence electrons. The number of nitrogens with one attached hydrogen (secondary N) is 1. The Morgan fingerprint density at radius 1 is 1.24 bits per heavy atom. The smallest absolute Gasteiger partial charge is 0.270 e. The quantitative estimate of drug-likeness (QED) is 0.227. The van der Waals surface area contributed by atoms with Crippen LogP contribution in [0.5, 0.6) is 0 Å². The van der Waals surface area contributed by atoms with Crippen LogP contribution in [0.3, 0.4) is 0 Å². The van der Waals surface area contributed by atoms with Crippen LogP contribution in [0.1, 0.15) is 33.6 Å². The number of anilines is 1. The average Bonchev–Trinajstić information content (AvgIpc) is 3.54. The number of nitro groups is 1. The number of thioether (sulfide) groups is 1. The number of nitro benzene ring substituents is 1. The summed E-state index contributed by atoms with van der Waals surface area (Å²) < 4.78 is 6.94. The molecule has 1 aromatic heterocycles. The highest BCUT2D eigenvalue weighted by atomic mass is 32.2. The monoisotopic (exact) mass is 498 g/mol. The van der Waals surface area contributed by atoms with Crippen LogP contribution in [0.4, 0.5) is 11.4 Å². The van der Waals surface area contributed by atoms with Gasteiger partial charge in [-0.1, -0.05) is 11.8 Å². The van der Waals surface area contributed by atoms with Crippen LogP contribution in [-0.4, -0.2) is 52.6 Å². The number of amides is 3. The Bertz CT molecular complexity index is 1330. The van der Waals surface area contributed by atoms with Gasteiger partial charge in [-0.2, -0.15) is 0 Å². The predicted molar refractivity (Wildman–Crippen MR) is 127 cm³/mol. The number of nitrogens with zero attached hydrogens (tertiary/aromatic N) is 3. The number of carbonyl (C=O) groups excluding carboxylic acids is 3. The van der Waals surface area contributed by atoms with Gasteiger partial charge in [0.1, 0.15) is 0 Å². The molecule has 1 atom stereocenters. The molecule has 0 bridgehead atoms. The van der Waals surface area contributed by atoms with E-state index in [1.165, 1.54) is 35.2 Å². The number of non-ortho nitro benzene ring substituents is 1. The Morgan fingerprint density at radius 3 is 2.82 bits per heavy atom. The van der Waals surface area contributed by atoms with E-state index in [1.807, 2.05) is 0 Å². The van der Waals surface area contributed by atoms with Gasteiger partial charge in [-0.3, -0.25) is 24.5 Å². The van der Waals surface area contributed by atoms with Crippen molar-refractivity contribution in [2.45, 2.75) is 23.3 Å². The molecule has 0 saturated carbocycles. The molecule has 5 rings (SSSR count). The fourth-order valence-corrected chi connectivity index (χ4v) is 5.81. The highest BCUT2D eigenvalue weighted by Gasteiger charge is 2.38. The van der Waals surface area contributed by atoms with Gasteiger partial charge in [0, 0.05) is 25.3 Å². The molecule has 0 spiro atoms. The van der Waals surface area contributed by atoms with Crippen molar-refractivity contribution in [2.24, 2.45) is 0 Å². The number of aromatic nitrogens is 1. The molecule has 3 amide bonds. The standard InChI is InChI=1S/C22H18N4O6S2/c27-19(23-10-14-2-1-7-32-14)11-33-22-24-17-6-4-12(9-18(17)34-22)25-20(28)15-5-3-13(26(30)31)8-16(15)21(25)29/h3-6,8-9,14H,1-2,7,10-11H2,(H,23,27)/t14-/m1/s1. The van der Waals surface area contributed by atoms with Gasteiger partial charge in [0.15, 0.2) is 4.34 Å². The molecule has 10 nitrogen and oxygen atoms in total. The molecule has 2 aliphatic rings. The van der Waals surface area contributed by atoms with E-state index in [4.69, 9.17) is 4.74 Å². The van der Waals surface area contributed by atoms with Gasteiger partial charge in [0.2, 0.25) is 5.91 Å². The first kappa shape index (κ1) is 22.4. The van der Waals surface area contributed by atoms with Crippen LogP contribution in [-0.2, 0) is 9.53 Å². The number of rotatable bonds is 7. The molecule has 1 N–H and O–H groups in total. The van der Waals surface area contributed by atoms with E-state index in [2.05, 4.69) is 10.3 Å². The summed E-state index contributed by atoms with van der Waals surface area (Å²) in [5, 5.41) is 13.9. The maximum Gasteiger partial charge on any atom is 0.270 e. The van der Waals surface area contributed by atoms with Gasteiger partial charge in [-0.15, -0.1) is 11.3 Å². The van der Waals surface area contributed by atoms with Crippen LogP contribution in [0, 0.1) is 10.1 Å². The van der Waals surface area contributed by atoms with Gasteiger partial charge >= 0.3 is 0 Å². The van der Waals surface area contributed by atoms with Crippen molar-refractivity contribution in [1.82, 2.24) is 10.3 Å². The van der Waals surface area contributed by atoms with Crippen molar-refractivity contribution < 1.29 is 24.0 Å². The van der Waals surface area contributed by atoms with Crippen LogP contribution >= 0.6 is 23.1 Å². The lowest BCUT2D eigenvalue weighted by Crippen LogP contribution is -2.32. The Hall–Kier alpha value is -3.35. The normalized spacial score (nSPS) is 17.4. The Balaban J connectivity index is 1.29. The summed E-state index contributed by atoms with van der Waals surface area (Å²) in [6, 6.07) is 8.64. The zero-order chi connectivity index (χ0) is 23.8. The van der Waals surface area contributed by atoms with Crippen molar-refractivity contribution in [2.75, 3.05) is 23.8 Å². The zero-order valence-corrected chi connectivity index (χ0v) is 19.3. The fourth-order valence-electron chi connectivity index (χ4n) is 3.88. The number of carbonyl (C=O) groups is 3. The third-order valence-electron chi connectivity index (χ3n) is 5.57. The van der Waals surface area contributed by atoms with Gasteiger partial charge in [0.05, 0.1) is 43.8 Å². The fraction of sp³-hybridized carbons (Fsp3) is 0.273. The lowest BCUT2D eigenvalue weighted by Gasteiger charge is -2.13. The van der Waals surface area contributed by atoms with E-state index in [0.29, 0.717) is 22.1 Å². The predicted octanol–water partition coefficient (Wildman–Crippen LogP) is 3.39. The molecule has 34 heavy (non-hydrogen) atoms. The minimum Gasteiger partial charge on any atom is -0.376 e. The molecule has 1 fully saturated rings. The number of ether oxygens (including phenoxy) is 1. The minimum atomic E-state index is -0.606. The summed E-state index contributed by atoms with van der Waals surface area (Å²) >= 11 is 2.67. The zero-order valence-electron chi connectivity index (χ0n) is 17.7. The Morgan fingerprint density at radius 2 is 2.06 bits per heavy atom. The maximum absolute atomic E-state index is 12.9. The van der Waals surface area contributed by atoms with Crippen LogP contribution < -0.4 is 10.2 Å². The first-order chi connectivity index (χ1) is 16.4. The molecule has 2 aliphatic heterocycles. The lowest BCUT2D eigenvalue weighted by atomic mass is 10.1.